The lowest BCUT2D eigenvalue weighted by Gasteiger charge is -2.19. The summed E-state index contributed by atoms with van der Waals surface area (Å²) in [7, 11) is 0. The van der Waals surface area contributed by atoms with Crippen molar-refractivity contribution in [2.24, 2.45) is 5.92 Å². The van der Waals surface area contributed by atoms with Gasteiger partial charge in [0, 0.05) is 6.42 Å². The Morgan fingerprint density at radius 2 is 2.25 bits per heavy atom. The largest absolute Gasteiger partial charge is 0.340 e. The minimum absolute atomic E-state index is 0.0838. The molecule has 2 nitrogen and oxygen atoms in total. The van der Waals surface area contributed by atoms with Crippen molar-refractivity contribution >= 4 is 5.91 Å². The first-order valence-corrected chi connectivity index (χ1v) is 4.32. The van der Waals surface area contributed by atoms with Gasteiger partial charge in [-0.25, -0.2) is 0 Å². The van der Waals surface area contributed by atoms with Crippen LogP contribution in [0.4, 0.5) is 0 Å². The lowest BCUT2D eigenvalue weighted by atomic mass is 10.1. The van der Waals surface area contributed by atoms with Gasteiger partial charge in [-0.1, -0.05) is 5.92 Å². The Bertz CT molecular complexity index is 220. The number of hydrogen-bond donors (Lipinski definition) is 1. The maximum atomic E-state index is 11.3. The molecule has 1 rings (SSSR count). The molecule has 0 aliphatic heterocycles. The summed E-state index contributed by atoms with van der Waals surface area (Å²) in [5.74, 6) is 3.24. The van der Waals surface area contributed by atoms with Gasteiger partial charge in [-0.05, 0) is 32.6 Å². The first-order chi connectivity index (χ1) is 5.53. The molecule has 0 unspecified atom stereocenters. The van der Waals surface area contributed by atoms with Gasteiger partial charge in [-0.3, -0.25) is 4.79 Å². The van der Waals surface area contributed by atoms with Gasteiger partial charge in [-0.2, -0.15) is 0 Å². The molecule has 0 aromatic heterocycles. The van der Waals surface area contributed by atoms with Crippen LogP contribution in [0.3, 0.4) is 0 Å². The van der Waals surface area contributed by atoms with E-state index in [4.69, 9.17) is 6.42 Å². The van der Waals surface area contributed by atoms with Gasteiger partial charge in [0.2, 0.25) is 5.91 Å². The van der Waals surface area contributed by atoms with Crippen molar-refractivity contribution in [3.8, 4) is 12.3 Å². The van der Waals surface area contributed by atoms with Crippen molar-refractivity contribution in [2.75, 3.05) is 0 Å². The van der Waals surface area contributed by atoms with E-state index in [1.807, 2.05) is 13.8 Å². The Balaban J connectivity index is 2.29. The van der Waals surface area contributed by atoms with Gasteiger partial charge in [-0.15, -0.1) is 6.42 Å². The highest BCUT2D eigenvalue weighted by molar-refractivity contribution is 5.77. The molecule has 0 spiro atoms. The second-order valence-electron chi connectivity index (χ2n) is 3.97. The van der Waals surface area contributed by atoms with Gasteiger partial charge in [0.15, 0.2) is 0 Å². The molecule has 12 heavy (non-hydrogen) atoms. The van der Waals surface area contributed by atoms with Crippen molar-refractivity contribution < 1.29 is 4.79 Å². The fourth-order valence-corrected chi connectivity index (χ4v) is 1.02. The van der Waals surface area contributed by atoms with Gasteiger partial charge in [0.25, 0.3) is 0 Å². The fourth-order valence-electron chi connectivity index (χ4n) is 1.02. The molecule has 1 aliphatic carbocycles. The molecule has 2 heteroatoms. The van der Waals surface area contributed by atoms with Crippen LogP contribution in [0, 0.1) is 18.3 Å². The third kappa shape index (κ3) is 2.96. The van der Waals surface area contributed by atoms with Crippen LogP contribution in [0.15, 0.2) is 0 Å². The molecule has 0 bridgehead atoms. The summed E-state index contributed by atoms with van der Waals surface area (Å²) in [6.45, 7) is 3.66. The number of amides is 1. The highest BCUT2D eigenvalue weighted by atomic mass is 16.1. The summed E-state index contributed by atoms with van der Waals surface area (Å²) in [6, 6.07) is 0. The Kier molecular flexibility index (Phi) is 2.42. The smallest absolute Gasteiger partial charge is 0.221 e. The van der Waals surface area contributed by atoms with E-state index < -0.39 is 5.54 Å². The normalized spacial score (nSPS) is 16.8. The first-order valence-electron chi connectivity index (χ1n) is 4.32. The molecule has 0 aromatic rings. The molecule has 0 saturated heterocycles. The molecule has 0 radical (unpaired) electrons. The zero-order valence-corrected chi connectivity index (χ0v) is 7.68. The van der Waals surface area contributed by atoms with E-state index in [0.717, 1.165) is 0 Å². The summed E-state index contributed by atoms with van der Waals surface area (Å²) in [4.78, 5) is 11.3. The predicted octanol–water partition coefficient (Wildman–Crippen LogP) is 1.31. The van der Waals surface area contributed by atoms with Gasteiger partial charge in [0.1, 0.15) is 0 Å². The van der Waals surface area contributed by atoms with E-state index in [9.17, 15) is 4.79 Å². The third-order valence-electron chi connectivity index (χ3n) is 1.98. The second kappa shape index (κ2) is 3.18. The number of carbonyl (C=O) groups excluding carboxylic acids is 1. The Labute approximate surface area is 73.7 Å². The van der Waals surface area contributed by atoms with Crippen LogP contribution in [0.25, 0.3) is 0 Å². The lowest BCUT2D eigenvalue weighted by Crippen LogP contribution is -2.42. The van der Waals surface area contributed by atoms with Crippen LogP contribution >= 0.6 is 0 Å². The van der Waals surface area contributed by atoms with Crippen molar-refractivity contribution in [1.82, 2.24) is 5.32 Å². The average molecular weight is 165 g/mol. The van der Waals surface area contributed by atoms with E-state index in [1.165, 1.54) is 12.8 Å². The van der Waals surface area contributed by atoms with Crippen LogP contribution in [-0.2, 0) is 4.79 Å². The minimum atomic E-state index is -0.494. The summed E-state index contributed by atoms with van der Waals surface area (Å²) in [5.41, 5.74) is -0.494. The van der Waals surface area contributed by atoms with Crippen molar-refractivity contribution in [2.45, 2.75) is 38.6 Å². The van der Waals surface area contributed by atoms with Crippen LogP contribution < -0.4 is 5.32 Å². The van der Waals surface area contributed by atoms with Crippen LogP contribution in [0.1, 0.15) is 33.1 Å². The van der Waals surface area contributed by atoms with Crippen molar-refractivity contribution in [1.29, 1.82) is 0 Å². The summed E-state index contributed by atoms with van der Waals surface area (Å²) in [6.07, 6.45) is 8.28. The van der Waals surface area contributed by atoms with E-state index in [2.05, 4.69) is 11.2 Å². The van der Waals surface area contributed by atoms with E-state index in [-0.39, 0.29) is 5.91 Å². The summed E-state index contributed by atoms with van der Waals surface area (Å²) in [5, 5.41) is 2.80. The monoisotopic (exact) mass is 165 g/mol. The molecular formula is C10H15NO. The Morgan fingerprint density at radius 3 is 2.67 bits per heavy atom. The highest BCUT2D eigenvalue weighted by Gasteiger charge is 2.26. The molecule has 1 fully saturated rings. The summed E-state index contributed by atoms with van der Waals surface area (Å²) < 4.78 is 0. The fraction of sp³-hybridized carbons (Fsp3) is 0.700. The molecule has 1 saturated carbocycles. The molecule has 1 amide bonds. The number of terminal acetylenes is 1. The quantitative estimate of drug-likeness (QED) is 0.628. The van der Waals surface area contributed by atoms with Gasteiger partial charge < -0.3 is 5.32 Å². The number of hydrogen-bond acceptors (Lipinski definition) is 1. The van der Waals surface area contributed by atoms with E-state index >= 15 is 0 Å². The molecule has 66 valence electrons. The summed E-state index contributed by atoms with van der Waals surface area (Å²) >= 11 is 0. The van der Waals surface area contributed by atoms with Crippen LogP contribution in [0.5, 0.6) is 0 Å². The minimum Gasteiger partial charge on any atom is -0.340 e. The van der Waals surface area contributed by atoms with Gasteiger partial charge >= 0.3 is 0 Å². The number of rotatable bonds is 3. The Hall–Kier alpha value is -0.970. The molecular weight excluding hydrogens is 150 g/mol. The molecule has 1 aliphatic rings. The Morgan fingerprint density at radius 1 is 1.67 bits per heavy atom. The molecule has 0 heterocycles. The van der Waals surface area contributed by atoms with Gasteiger partial charge in [0.05, 0.1) is 5.54 Å². The molecule has 0 atom stereocenters. The van der Waals surface area contributed by atoms with E-state index in [0.29, 0.717) is 12.3 Å². The predicted molar refractivity (Wildman–Crippen MR) is 48.4 cm³/mol. The highest BCUT2D eigenvalue weighted by Crippen LogP contribution is 2.32. The maximum absolute atomic E-state index is 11.3. The zero-order valence-electron chi connectivity index (χ0n) is 7.68. The number of carbonyl (C=O) groups is 1. The zero-order chi connectivity index (χ0) is 9.19. The lowest BCUT2D eigenvalue weighted by molar-refractivity contribution is -0.122. The topological polar surface area (TPSA) is 29.1 Å². The SMILES string of the molecule is C#CC(C)(C)NC(=O)CC1CC1. The average Bonchev–Trinajstić information content (AvgIpc) is 2.70. The number of nitrogens with one attached hydrogen (secondary N) is 1. The second-order valence-corrected chi connectivity index (χ2v) is 3.97. The maximum Gasteiger partial charge on any atom is 0.221 e. The van der Waals surface area contributed by atoms with Crippen molar-refractivity contribution in [3.05, 3.63) is 0 Å². The van der Waals surface area contributed by atoms with Crippen LogP contribution in [0.2, 0.25) is 0 Å². The van der Waals surface area contributed by atoms with Crippen molar-refractivity contribution in [3.63, 3.8) is 0 Å². The molecule has 0 aromatic carbocycles. The standard InChI is InChI=1S/C10H15NO/c1-4-10(2,3)11-9(12)7-8-5-6-8/h1,8H,5-7H2,2-3H3,(H,11,12). The first kappa shape index (κ1) is 9.12. The third-order valence-corrected chi connectivity index (χ3v) is 1.98. The van der Waals surface area contributed by atoms with E-state index in [1.54, 1.807) is 0 Å². The van der Waals surface area contributed by atoms with Crippen LogP contribution in [-0.4, -0.2) is 11.4 Å². The molecule has 1 N–H and O–H groups in total.